The van der Waals surface area contributed by atoms with Gasteiger partial charge in [0, 0.05) is 25.2 Å². The van der Waals surface area contributed by atoms with Gasteiger partial charge in [0.15, 0.2) is 0 Å². The van der Waals surface area contributed by atoms with Gasteiger partial charge in [-0.25, -0.2) is 8.78 Å². The third-order valence-electron chi connectivity index (χ3n) is 3.59. The standard InChI is InChI=1S/C15H20F2N2O2/c1-2-5-18-14-12(16)8-10(9-13(14)17)15(21)19-6-3-11(20)4-7-19/h8-9,11,18,20H,2-7H2,1H3. The smallest absolute Gasteiger partial charge is 0.254 e. The number of halogens is 2. The average Bonchev–Trinajstić information content (AvgIpc) is 2.46. The molecule has 6 heteroatoms. The van der Waals surface area contributed by atoms with E-state index in [2.05, 4.69) is 5.32 Å². The minimum Gasteiger partial charge on any atom is -0.393 e. The maximum absolute atomic E-state index is 13.9. The van der Waals surface area contributed by atoms with E-state index in [4.69, 9.17) is 0 Å². The highest BCUT2D eigenvalue weighted by Gasteiger charge is 2.24. The van der Waals surface area contributed by atoms with E-state index in [-0.39, 0.29) is 11.3 Å². The number of aliphatic hydroxyl groups is 1. The Morgan fingerprint density at radius 3 is 2.43 bits per heavy atom. The van der Waals surface area contributed by atoms with Crippen LogP contribution in [0.25, 0.3) is 0 Å². The summed E-state index contributed by atoms with van der Waals surface area (Å²) in [5.74, 6) is -1.92. The molecule has 4 nitrogen and oxygen atoms in total. The molecule has 0 aliphatic carbocycles. The first kappa shape index (κ1) is 15.7. The number of amides is 1. The summed E-state index contributed by atoms with van der Waals surface area (Å²) in [6.45, 7) is 3.16. The number of benzene rings is 1. The van der Waals surface area contributed by atoms with Gasteiger partial charge in [-0.3, -0.25) is 4.79 Å². The third-order valence-corrected chi connectivity index (χ3v) is 3.59. The predicted octanol–water partition coefficient (Wildman–Crippen LogP) is 2.38. The average molecular weight is 298 g/mol. The molecule has 1 aromatic rings. The Morgan fingerprint density at radius 2 is 1.90 bits per heavy atom. The third kappa shape index (κ3) is 3.69. The number of anilines is 1. The van der Waals surface area contributed by atoms with Crippen molar-refractivity contribution >= 4 is 11.6 Å². The van der Waals surface area contributed by atoms with E-state index in [1.807, 2.05) is 6.92 Å². The van der Waals surface area contributed by atoms with Gasteiger partial charge in [-0.2, -0.15) is 0 Å². The van der Waals surface area contributed by atoms with Gasteiger partial charge in [-0.1, -0.05) is 6.92 Å². The summed E-state index contributed by atoms with van der Waals surface area (Å²) in [7, 11) is 0. The Balaban J connectivity index is 2.15. The van der Waals surface area contributed by atoms with E-state index in [0.717, 1.165) is 18.6 Å². The van der Waals surface area contributed by atoms with E-state index in [1.54, 1.807) is 0 Å². The zero-order valence-electron chi connectivity index (χ0n) is 12.0. The number of aliphatic hydroxyl groups excluding tert-OH is 1. The lowest BCUT2D eigenvalue weighted by Gasteiger charge is -2.29. The molecule has 1 fully saturated rings. The van der Waals surface area contributed by atoms with Crippen LogP contribution < -0.4 is 5.32 Å². The number of carbonyl (C=O) groups is 1. The van der Waals surface area contributed by atoms with Crippen molar-refractivity contribution in [2.24, 2.45) is 0 Å². The lowest BCUT2D eigenvalue weighted by Crippen LogP contribution is -2.40. The molecule has 2 N–H and O–H groups in total. The van der Waals surface area contributed by atoms with Crippen molar-refractivity contribution in [2.75, 3.05) is 25.0 Å². The van der Waals surface area contributed by atoms with Gasteiger partial charge in [0.1, 0.15) is 17.3 Å². The quantitative estimate of drug-likeness (QED) is 0.897. The fourth-order valence-corrected chi connectivity index (χ4v) is 2.37. The van der Waals surface area contributed by atoms with Crippen molar-refractivity contribution in [3.8, 4) is 0 Å². The summed E-state index contributed by atoms with van der Waals surface area (Å²) in [6.07, 6.45) is 1.33. The summed E-state index contributed by atoms with van der Waals surface area (Å²) >= 11 is 0. The van der Waals surface area contributed by atoms with Gasteiger partial charge in [-0.05, 0) is 31.4 Å². The number of carbonyl (C=O) groups excluding carboxylic acids is 1. The van der Waals surface area contributed by atoms with Gasteiger partial charge >= 0.3 is 0 Å². The number of rotatable bonds is 4. The highest BCUT2D eigenvalue weighted by molar-refractivity contribution is 5.94. The number of nitrogens with zero attached hydrogens (tertiary/aromatic N) is 1. The molecule has 21 heavy (non-hydrogen) atoms. The maximum Gasteiger partial charge on any atom is 0.254 e. The van der Waals surface area contributed by atoms with Gasteiger partial charge < -0.3 is 15.3 Å². The molecular formula is C15H20F2N2O2. The van der Waals surface area contributed by atoms with Crippen molar-refractivity contribution in [1.82, 2.24) is 4.90 Å². The summed E-state index contributed by atoms with van der Waals surface area (Å²) < 4.78 is 27.8. The maximum atomic E-state index is 13.9. The van der Waals surface area contributed by atoms with Crippen LogP contribution in [-0.2, 0) is 0 Å². The van der Waals surface area contributed by atoms with E-state index in [0.29, 0.717) is 32.5 Å². The molecular weight excluding hydrogens is 278 g/mol. The van der Waals surface area contributed by atoms with Crippen molar-refractivity contribution in [2.45, 2.75) is 32.3 Å². The molecule has 0 radical (unpaired) electrons. The second kappa shape index (κ2) is 6.85. The molecule has 0 saturated carbocycles. The Hall–Kier alpha value is -1.69. The topological polar surface area (TPSA) is 52.6 Å². The number of hydrogen-bond acceptors (Lipinski definition) is 3. The fourth-order valence-electron chi connectivity index (χ4n) is 2.37. The molecule has 1 aliphatic rings. The normalized spacial score (nSPS) is 16.1. The fraction of sp³-hybridized carbons (Fsp3) is 0.533. The number of likely N-dealkylation sites (tertiary alicyclic amines) is 1. The van der Waals surface area contributed by atoms with Crippen LogP contribution in [0.3, 0.4) is 0 Å². The number of nitrogens with one attached hydrogen (secondary N) is 1. The van der Waals surface area contributed by atoms with Crippen LogP contribution in [0.1, 0.15) is 36.5 Å². The monoisotopic (exact) mass is 298 g/mol. The lowest BCUT2D eigenvalue weighted by molar-refractivity contribution is 0.0545. The molecule has 0 bridgehead atoms. The molecule has 0 spiro atoms. The first-order valence-electron chi connectivity index (χ1n) is 7.23. The highest BCUT2D eigenvalue weighted by Crippen LogP contribution is 2.22. The first-order chi connectivity index (χ1) is 10.0. The van der Waals surface area contributed by atoms with Gasteiger partial charge in [0.05, 0.1) is 6.10 Å². The Kier molecular flexibility index (Phi) is 5.12. The minimum atomic E-state index is -0.760. The van der Waals surface area contributed by atoms with Crippen LogP contribution in [0.4, 0.5) is 14.5 Å². The zero-order valence-corrected chi connectivity index (χ0v) is 12.0. The zero-order chi connectivity index (χ0) is 15.4. The Bertz CT molecular complexity index is 491. The van der Waals surface area contributed by atoms with Crippen LogP contribution >= 0.6 is 0 Å². The van der Waals surface area contributed by atoms with Crippen LogP contribution in [0.15, 0.2) is 12.1 Å². The molecule has 1 aliphatic heterocycles. The van der Waals surface area contributed by atoms with E-state index in [9.17, 15) is 18.7 Å². The summed E-state index contributed by atoms with van der Waals surface area (Å²) in [5, 5.41) is 12.1. The highest BCUT2D eigenvalue weighted by atomic mass is 19.1. The van der Waals surface area contributed by atoms with Crippen LogP contribution in [0.2, 0.25) is 0 Å². The largest absolute Gasteiger partial charge is 0.393 e. The number of piperidine rings is 1. The van der Waals surface area contributed by atoms with Crippen LogP contribution in [-0.4, -0.2) is 41.7 Å². The summed E-state index contributed by atoms with van der Waals surface area (Å²) in [5.41, 5.74) is -0.189. The lowest BCUT2D eigenvalue weighted by atomic mass is 10.1. The SMILES string of the molecule is CCCNc1c(F)cc(C(=O)N2CCC(O)CC2)cc1F. The van der Waals surface area contributed by atoms with Crippen molar-refractivity contribution in [1.29, 1.82) is 0 Å². The van der Waals surface area contributed by atoms with Crippen LogP contribution in [0.5, 0.6) is 0 Å². The van der Waals surface area contributed by atoms with Gasteiger partial charge in [0.25, 0.3) is 5.91 Å². The second-order valence-electron chi connectivity index (χ2n) is 5.27. The van der Waals surface area contributed by atoms with E-state index >= 15 is 0 Å². The van der Waals surface area contributed by atoms with Crippen molar-refractivity contribution < 1.29 is 18.7 Å². The molecule has 1 saturated heterocycles. The molecule has 2 rings (SSSR count). The van der Waals surface area contributed by atoms with E-state index < -0.39 is 23.6 Å². The molecule has 1 amide bonds. The molecule has 0 aromatic heterocycles. The Morgan fingerprint density at radius 1 is 1.33 bits per heavy atom. The van der Waals surface area contributed by atoms with Gasteiger partial charge in [0.2, 0.25) is 0 Å². The van der Waals surface area contributed by atoms with Gasteiger partial charge in [-0.15, -0.1) is 0 Å². The number of hydrogen-bond donors (Lipinski definition) is 2. The molecule has 0 unspecified atom stereocenters. The summed E-state index contributed by atoms with van der Waals surface area (Å²) in [4.78, 5) is 13.7. The molecule has 1 heterocycles. The summed E-state index contributed by atoms with van der Waals surface area (Å²) in [6, 6.07) is 2.13. The Labute approximate surface area is 122 Å². The molecule has 0 atom stereocenters. The first-order valence-corrected chi connectivity index (χ1v) is 7.23. The van der Waals surface area contributed by atoms with E-state index in [1.165, 1.54) is 4.90 Å². The second-order valence-corrected chi connectivity index (χ2v) is 5.27. The molecule has 116 valence electrons. The van der Waals surface area contributed by atoms with Crippen molar-refractivity contribution in [3.05, 3.63) is 29.3 Å². The predicted molar refractivity (Wildman–Crippen MR) is 76.3 cm³/mol. The minimum absolute atomic E-state index is 0.00318. The van der Waals surface area contributed by atoms with Crippen molar-refractivity contribution in [3.63, 3.8) is 0 Å². The van der Waals surface area contributed by atoms with Crippen LogP contribution in [0, 0.1) is 11.6 Å². The molecule has 1 aromatic carbocycles.